The molecule has 1 aliphatic carbocycles. The number of carbonyl (C=O) groups excluding carboxylic acids is 1. The summed E-state index contributed by atoms with van der Waals surface area (Å²) < 4.78 is 0. The second-order valence-corrected chi connectivity index (χ2v) is 11.6. The number of piperidine rings is 1. The van der Waals surface area contributed by atoms with Crippen LogP contribution in [0.4, 0.5) is 0 Å². The van der Waals surface area contributed by atoms with E-state index in [0.29, 0.717) is 23.7 Å². The van der Waals surface area contributed by atoms with Crippen molar-refractivity contribution in [1.82, 2.24) is 9.80 Å². The van der Waals surface area contributed by atoms with Gasteiger partial charge >= 0.3 is 0 Å². The van der Waals surface area contributed by atoms with Crippen molar-refractivity contribution in [1.29, 1.82) is 0 Å². The number of allylic oxidation sites excluding steroid dienone is 2. The highest BCUT2D eigenvalue weighted by Crippen LogP contribution is 2.39. The fourth-order valence-electron chi connectivity index (χ4n) is 7.18. The van der Waals surface area contributed by atoms with Gasteiger partial charge in [-0.05, 0) is 67.3 Å². The van der Waals surface area contributed by atoms with Gasteiger partial charge in [0.25, 0.3) is 0 Å². The normalized spacial score (nSPS) is 26.5. The molecule has 2 saturated heterocycles. The SMILES string of the molecule is O=C([C@@H]1CCC=C[C@H]1c1ccccc1)N1C[C@H](CN2CCC(c3ccccc3)CC2)[C@@H](c2ccccc2)C1. The minimum atomic E-state index is 0.0409. The molecule has 0 N–H and O–H groups in total. The summed E-state index contributed by atoms with van der Waals surface area (Å²) >= 11 is 0. The van der Waals surface area contributed by atoms with Gasteiger partial charge in [0, 0.05) is 37.4 Å². The van der Waals surface area contributed by atoms with Crippen LogP contribution in [0, 0.1) is 11.8 Å². The van der Waals surface area contributed by atoms with E-state index in [9.17, 15) is 4.79 Å². The van der Waals surface area contributed by atoms with Gasteiger partial charge in [-0.1, -0.05) is 103 Å². The largest absolute Gasteiger partial charge is 0.341 e. The smallest absolute Gasteiger partial charge is 0.226 e. The van der Waals surface area contributed by atoms with Crippen LogP contribution in [0.2, 0.25) is 0 Å². The highest BCUT2D eigenvalue weighted by atomic mass is 16.2. The standard InChI is InChI=1S/C35H40N2O/c38-35(33-19-11-10-18-32(33)29-14-6-2-7-15-29)37-25-31(34(26-37)30-16-8-3-9-17-30)24-36-22-20-28(21-23-36)27-12-4-1-5-13-27/h1-10,12-18,28,31-34H,11,19-26H2/t31-,32-,33+,34+/m0/s1. The van der Waals surface area contributed by atoms with Crippen molar-refractivity contribution in [2.24, 2.45) is 11.8 Å². The van der Waals surface area contributed by atoms with Crippen LogP contribution in [0.5, 0.6) is 0 Å². The lowest BCUT2D eigenvalue weighted by Gasteiger charge is -2.35. The first kappa shape index (κ1) is 25.1. The number of hydrogen-bond acceptors (Lipinski definition) is 2. The van der Waals surface area contributed by atoms with Gasteiger partial charge in [0.05, 0.1) is 0 Å². The predicted molar refractivity (Wildman–Crippen MR) is 155 cm³/mol. The lowest BCUT2D eigenvalue weighted by molar-refractivity contribution is -0.135. The zero-order valence-corrected chi connectivity index (χ0v) is 22.4. The third kappa shape index (κ3) is 5.49. The molecule has 0 aromatic heterocycles. The Kier molecular flexibility index (Phi) is 7.74. The van der Waals surface area contributed by atoms with E-state index in [-0.39, 0.29) is 11.8 Å². The van der Waals surface area contributed by atoms with Crippen molar-refractivity contribution in [3.8, 4) is 0 Å². The maximum absolute atomic E-state index is 14.1. The Balaban J connectivity index is 1.16. The van der Waals surface area contributed by atoms with Gasteiger partial charge in [0.2, 0.25) is 5.91 Å². The zero-order valence-electron chi connectivity index (χ0n) is 22.4. The molecule has 0 radical (unpaired) electrons. The number of benzene rings is 3. The molecule has 2 fully saturated rings. The van der Waals surface area contributed by atoms with E-state index in [1.54, 1.807) is 0 Å². The van der Waals surface area contributed by atoms with E-state index < -0.39 is 0 Å². The molecule has 3 aliphatic rings. The lowest BCUT2D eigenvalue weighted by atomic mass is 9.79. The quantitative estimate of drug-likeness (QED) is 0.343. The van der Waals surface area contributed by atoms with E-state index in [1.165, 1.54) is 29.5 Å². The molecule has 3 aromatic rings. The van der Waals surface area contributed by atoms with Crippen LogP contribution >= 0.6 is 0 Å². The summed E-state index contributed by atoms with van der Waals surface area (Å²) in [5.74, 6) is 2.14. The Hall–Kier alpha value is -3.17. The molecule has 2 aliphatic heterocycles. The molecule has 4 atom stereocenters. The number of hydrogen-bond donors (Lipinski definition) is 0. The summed E-state index contributed by atoms with van der Waals surface area (Å²) in [7, 11) is 0. The lowest BCUT2D eigenvalue weighted by Crippen LogP contribution is -2.40. The van der Waals surface area contributed by atoms with E-state index in [1.807, 2.05) is 0 Å². The van der Waals surface area contributed by atoms with Crippen LogP contribution in [0.25, 0.3) is 0 Å². The van der Waals surface area contributed by atoms with Crippen molar-refractivity contribution < 1.29 is 4.79 Å². The summed E-state index contributed by atoms with van der Waals surface area (Å²) in [4.78, 5) is 19.0. The molecule has 196 valence electrons. The van der Waals surface area contributed by atoms with Crippen LogP contribution in [-0.4, -0.2) is 48.4 Å². The maximum Gasteiger partial charge on any atom is 0.226 e. The molecule has 0 spiro atoms. The van der Waals surface area contributed by atoms with Crippen LogP contribution in [-0.2, 0) is 4.79 Å². The molecule has 2 heterocycles. The Morgan fingerprint density at radius 2 is 1.32 bits per heavy atom. The molecular weight excluding hydrogens is 464 g/mol. The molecular formula is C35H40N2O. The zero-order chi connectivity index (χ0) is 25.7. The van der Waals surface area contributed by atoms with Crippen LogP contribution in [0.1, 0.15) is 60.1 Å². The Morgan fingerprint density at radius 1 is 0.711 bits per heavy atom. The molecule has 38 heavy (non-hydrogen) atoms. The average Bonchev–Trinajstić information content (AvgIpc) is 3.42. The van der Waals surface area contributed by atoms with E-state index in [4.69, 9.17) is 0 Å². The van der Waals surface area contributed by atoms with Crippen molar-refractivity contribution >= 4 is 5.91 Å². The third-order valence-electron chi connectivity index (χ3n) is 9.25. The first-order valence-electron chi connectivity index (χ1n) is 14.6. The Morgan fingerprint density at radius 3 is 1.97 bits per heavy atom. The van der Waals surface area contributed by atoms with E-state index in [0.717, 1.165) is 45.6 Å². The number of rotatable bonds is 6. The fraction of sp³-hybridized carbons (Fsp3) is 0.400. The highest BCUT2D eigenvalue weighted by molar-refractivity contribution is 5.81. The molecule has 3 aromatic carbocycles. The molecule has 0 saturated carbocycles. The third-order valence-corrected chi connectivity index (χ3v) is 9.25. The molecule has 3 heteroatoms. The number of likely N-dealkylation sites (tertiary alicyclic amines) is 2. The summed E-state index contributed by atoms with van der Waals surface area (Å²) in [6.45, 7) is 5.09. The first-order chi connectivity index (χ1) is 18.8. The minimum absolute atomic E-state index is 0.0409. The van der Waals surface area contributed by atoms with Gasteiger partial charge in [-0.3, -0.25) is 4.79 Å². The van der Waals surface area contributed by atoms with E-state index >= 15 is 0 Å². The maximum atomic E-state index is 14.1. The Labute approximate surface area is 228 Å². The van der Waals surface area contributed by atoms with E-state index in [2.05, 4.69) is 113 Å². The van der Waals surface area contributed by atoms with Gasteiger partial charge in [-0.2, -0.15) is 0 Å². The average molecular weight is 505 g/mol. The summed E-state index contributed by atoms with van der Waals surface area (Å²) in [5, 5.41) is 0. The van der Waals surface area contributed by atoms with Crippen molar-refractivity contribution in [3.05, 3.63) is 120 Å². The monoisotopic (exact) mass is 504 g/mol. The van der Waals surface area contributed by atoms with Crippen LogP contribution in [0.3, 0.4) is 0 Å². The van der Waals surface area contributed by atoms with Gasteiger partial charge in [-0.15, -0.1) is 0 Å². The second kappa shape index (κ2) is 11.7. The minimum Gasteiger partial charge on any atom is -0.341 e. The van der Waals surface area contributed by atoms with Crippen LogP contribution in [0.15, 0.2) is 103 Å². The summed E-state index contributed by atoms with van der Waals surface area (Å²) in [6.07, 6.45) is 8.93. The molecule has 0 unspecified atom stereocenters. The predicted octanol–water partition coefficient (Wildman–Crippen LogP) is 6.86. The first-order valence-corrected chi connectivity index (χ1v) is 14.6. The number of carbonyl (C=O) groups is 1. The van der Waals surface area contributed by atoms with Crippen molar-refractivity contribution in [3.63, 3.8) is 0 Å². The molecule has 0 bridgehead atoms. The topological polar surface area (TPSA) is 23.6 Å². The highest BCUT2D eigenvalue weighted by Gasteiger charge is 2.41. The number of amides is 1. The van der Waals surface area contributed by atoms with Gasteiger partial charge in [0.1, 0.15) is 0 Å². The van der Waals surface area contributed by atoms with Gasteiger partial charge in [-0.25, -0.2) is 0 Å². The van der Waals surface area contributed by atoms with Crippen molar-refractivity contribution in [2.45, 2.75) is 43.4 Å². The molecule has 1 amide bonds. The summed E-state index contributed by atoms with van der Waals surface area (Å²) in [5.41, 5.74) is 4.13. The van der Waals surface area contributed by atoms with Crippen LogP contribution < -0.4 is 0 Å². The molecule has 3 nitrogen and oxygen atoms in total. The Bertz CT molecular complexity index is 1200. The fourth-order valence-corrected chi connectivity index (χ4v) is 7.18. The van der Waals surface area contributed by atoms with Crippen molar-refractivity contribution in [2.75, 3.05) is 32.7 Å². The molecule has 6 rings (SSSR count). The van der Waals surface area contributed by atoms with Gasteiger partial charge in [0.15, 0.2) is 0 Å². The summed E-state index contributed by atoms with van der Waals surface area (Å²) in [6, 6.07) is 32.6. The second-order valence-electron chi connectivity index (χ2n) is 11.6. The van der Waals surface area contributed by atoms with Gasteiger partial charge < -0.3 is 9.80 Å². The number of nitrogens with zero attached hydrogens (tertiary/aromatic N) is 2.